The Morgan fingerprint density at radius 1 is 0.284 bits per heavy atom. The summed E-state index contributed by atoms with van der Waals surface area (Å²) in [6, 6.07) is 20.6. The number of carbonyl (C=O) groups is 1. The van der Waals surface area contributed by atoms with Crippen molar-refractivity contribution in [2.45, 2.75) is 201 Å². The van der Waals surface area contributed by atoms with Gasteiger partial charge in [-0.2, -0.15) is 243 Å². The Morgan fingerprint density at radius 2 is 0.604 bits per heavy atom. The first kappa shape index (κ1) is 113. The number of nitrogens with zero attached hydrogens (tertiary/aromatic N) is 3. The van der Waals surface area contributed by atoms with Gasteiger partial charge in [-0.05, 0) is 89.2 Å². The molecule has 0 amide bonds. The minimum absolute atomic E-state index is 0.0846. The van der Waals surface area contributed by atoms with E-state index in [9.17, 15) is 233 Å². The molecule has 0 bridgehead atoms. The van der Waals surface area contributed by atoms with Crippen molar-refractivity contribution >= 4 is 29.2 Å². The Bertz CT molecular complexity index is 4750. The van der Waals surface area contributed by atoms with Crippen LogP contribution in [0.1, 0.15) is 71.4 Å². The zero-order valence-corrected chi connectivity index (χ0v) is 64.1. The summed E-state index contributed by atoms with van der Waals surface area (Å²) in [4.78, 5) is 25.0. The number of hydrogen-bond donors (Lipinski definition) is 2. The van der Waals surface area contributed by atoms with Gasteiger partial charge in [0.2, 0.25) is 11.9 Å². The summed E-state index contributed by atoms with van der Waals surface area (Å²) in [5.74, 6) is -167. The highest BCUT2D eigenvalue weighted by Crippen LogP contribution is 2.66. The Balaban J connectivity index is 1.46. The third-order valence-electron chi connectivity index (χ3n) is 18.5. The van der Waals surface area contributed by atoms with Gasteiger partial charge >= 0.3 is 149 Å². The molecule has 5 aromatic carbocycles. The predicted octanol–water partition coefficient (Wildman–Crippen LogP) is 26.9. The van der Waals surface area contributed by atoms with E-state index in [-0.39, 0.29) is 23.1 Å². The van der Waals surface area contributed by atoms with Crippen molar-refractivity contribution in [1.82, 2.24) is 15.0 Å². The fourth-order valence-corrected chi connectivity index (χ4v) is 10.7. The van der Waals surface area contributed by atoms with E-state index < -0.39 is 285 Å². The van der Waals surface area contributed by atoms with E-state index in [0.29, 0.717) is 41.5 Å². The highest BCUT2D eigenvalue weighted by molar-refractivity contribution is 5.91. The van der Waals surface area contributed by atoms with Crippen LogP contribution in [0.4, 0.5) is 252 Å². The highest BCUT2D eigenvalue weighted by Gasteiger charge is 2.95. The van der Waals surface area contributed by atoms with Crippen LogP contribution in [-0.2, 0) is 29.1 Å². The van der Waals surface area contributed by atoms with Crippen LogP contribution in [0, 0.1) is 0 Å². The summed E-state index contributed by atoms with van der Waals surface area (Å²) in [5, 5.41) is 4.60. The molecule has 0 spiro atoms. The van der Waals surface area contributed by atoms with Crippen molar-refractivity contribution in [1.29, 1.82) is 0 Å². The molecule has 0 aliphatic heterocycles. The Labute approximate surface area is 710 Å². The quantitative estimate of drug-likeness (QED) is 0.0164. The number of esters is 1. The van der Waals surface area contributed by atoms with Gasteiger partial charge in [0.05, 0.1) is 45.2 Å². The number of alkyl halides is 52. The number of nitrogens with one attached hydrogen (secondary N) is 2. The molecule has 0 saturated heterocycles. The zero-order chi connectivity index (χ0) is 103. The van der Waals surface area contributed by atoms with Crippen LogP contribution in [0.2, 0.25) is 0 Å². The van der Waals surface area contributed by atoms with E-state index in [4.69, 9.17) is 14.2 Å². The molecular weight excluding hydrogens is 2010 g/mol. The number of ether oxygens (including phenoxy) is 5. The van der Waals surface area contributed by atoms with Gasteiger partial charge in [-0.15, -0.1) is 0 Å². The largest absolute Gasteiger partial charge is 0.490 e. The second kappa shape index (κ2) is 37.5. The Kier molecular flexibility index (Phi) is 31.6. The number of hydrogen-bond acceptors (Lipinski definition) is 11. The zero-order valence-electron chi connectivity index (χ0n) is 64.1. The molecule has 2 N–H and O–H groups in total. The number of aromatic nitrogens is 3. The maximum atomic E-state index is 14.9. The third-order valence-corrected chi connectivity index (χ3v) is 18.5. The molecular formula is C71H47F52N5O6. The Hall–Kier alpha value is -9.94. The van der Waals surface area contributed by atoms with Crippen molar-refractivity contribution in [3.05, 3.63) is 143 Å². The predicted molar refractivity (Wildman–Crippen MR) is 347 cm³/mol. The van der Waals surface area contributed by atoms with E-state index in [1.54, 1.807) is 30.3 Å². The molecule has 0 fully saturated rings. The van der Waals surface area contributed by atoms with Gasteiger partial charge in [0.1, 0.15) is 11.6 Å². The van der Waals surface area contributed by atoms with Crippen LogP contribution >= 0.6 is 0 Å². The molecule has 0 aliphatic rings. The first-order chi connectivity index (χ1) is 60.0. The summed E-state index contributed by atoms with van der Waals surface area (Å²) >= 11 is 0. The van der Waals surface area contributed by atoms with Crippen molar-refractivity contribution < 1.29 is 257 Å². The van der Waals surface area contributed by atoms with Gasteiger partial charge in [-0.1, -0.05) is 60.7 Å². The van der Waals surface area contributed by atoms with E-state index in [0.717, 1.165) is 24.3 Å². The van der Waals surface area contributed by atoms with Crippen molar-refractivity contribution in [3.8, 4) is 28.4 Å². The molecule has 6 rings (SSSR count). The molecule has 1 aromatic heterocycles. The standard InChI is InChI=1S/C71H47F52N5O6/c72-48(73,52(80,81)56(88,89)60(96,97)64(104,105)68(112,113)114)20-4-24-132-42-19-16-40(30-43(42)133-25-5-21-49(74,75)53(82,83)57(90,91)61(98,99)65(106,107)69(115,116)117)125-47-127-44(126-46(128-47)124-39-14-10-36(11-15-39)45(129)134-41-17-12-35(13-18-41)34-6-2-1-3-7-34)29-33-8-9-37(31-130-26-22-50(76,77)54(84,85)58(92,93)62(100,101)66(108,109)70(118,119)120)38(28-33)32-131-27-23-51(78,79)55(86,87)59(94,95)63(102,103)67(110,111)71(121,122)123/h1-3,6-19,28,30H,4-5,20-27,29,31-32H2,(H2,124,125,126,127,128). The average Bonchev–Trinajstić information content (AvgIpc) is 0.723. The summed E-state index contributed by atoms with van der Waals surface area (Å²) in [6.07, 6.45) is -49.5. The lowest BCUT2D eigenvalue weighted by molar-refractivity contribution is -0.440. The summed E-state index contributed by atoms with van der Waals surface area (Å²) in [7, 11) is 0. The Morgan fingerprint density at radius 3 is 0.970 bits per heavy atom. The fourth-order valence-electron chi connectivity index (χ4n) is 10.7. The first-order valence-corrected chi connectivity index (χ1v) is 35.3. The molecule has 1 heterocycles. The SMILES string of the molecule is O=C(Oc1ccc(-c2ccccc2)cc1)c1ccc(Nc2nc(Cc3ccc(COCCC(F)(F)C(F)(F)C(F)(F)C(F)(F)C(F)(F)C(F)(F)F)c(COCCC(F)(F)C(F)(F)C(F)(F)C(F)(F)C(F)(F)C(F)(F)F)c3)nc(Nc3ccc(OCCCC(F)(F)C(F)(F)C(F)(F)C(F)(F)C(F)(F)C(F)(F)F)c(OCCCC(F)(F)C(F)(F)C(F)(F)C(F)(F)C(F)(F)C(F)(F)F)c3)n2)cc1. The summed E-state index contributed by atoms with van der Waals surface area (Å²) < 4.78 is 748. The first-order valence-electron chi connectivity index (χ1n) is 35.3. The molecule has 11 nitrogen and oxygen atoms in total. The highest BCUT2D eigenvalue weighted by atomic mass is 19.5. The van der Waals surface area contributed by atoms with E-state index in [2.05, 4.69) is 35.1 Å². The third kappa shape index (κ3) is 21.0. The maximum Gasteiger partial charge on any atom is 0.460 e. The lowest BCUT2D eigenvalue weighted by Crippen LogP contribution is -2.70. The number of carbonyl (C=O) groups excluding carboxylic acids is 1. The minimum atomic E-state index is -8.48. The number of rotatable bonds is 45. The lowest BCUT2D eigenvalue weighted by atomic mass is 9.92. The minimum Gasteiger partial charge on any atom is -0.490 e. The monoisotopic (exact) mass is 2050 g/mol. The molecule has 63 heteroatoms. The van der Waals surface area contributed by atoms with Crippen LogP contribution in [0.3, 0.4) is 0 Å². The van der Waals surface area contributed by atoms with Gasteiger partial charge in [0.15, 0.2) is 11.5 Å². The van der Waals surface area contributed by atoms with E-state index in [1.165, 1.54) is 24.3 Å². The lowest BCUT2D eigenvalue weighted by Gasteiger charge is -2.39. The van der Waals surface area contributed by atoms with E-state index >= 15 is 0 Å². The van der Waals surface area contributed by atoms with Gasteiger partial charge in [-0.25, -0.2) is 4.79 Å². The second-order valence-electron chi connectivity index (χ2n) is 28.0. The summed E-state index contributed by atoms with van der Waals surface area (Å²) in [6.45, 7) is -11.9. The average molecular weight is 2050 g/mol. The molecule has 0 aliphatic carbocycles. The smallest absolute Gasteiger partial charge is 0.460 e. The molecule has 0 atom stereocenters. The normalized spacial score (nSPS) is 14.7. The second-order valence-corrected chi connectivity index (χ2v) is 28.0. The molecule has 0 unspecified atom stereocenters. The topological polar surface area (TPSA) is 126 Å². The van der Waals surface area contributed by atoms with Gasteiger partial charge in [0, 0.05) is 49.5 Å². The van der Waals surface area contributed by atoms with Crippen LogP contribution in [0.25, 0.3) is 11.1 Å². The fraction of sp³-hybridized carbons (Fsp3) is 0.521. The number of benzene rings is 5. The van der Waals surface area contributed by atoms with Crippen molar-refractivity contribution in [2.24, 2.45) is 0 Å². The summed E-state index contributed by atoms with van der Waals surface area (Å²) in [5.41, 5.74) is -2.73. The molecule has 0 saturated carbocycles. The molecule has 134 heavy (non-hydrogen) atoms. The van der Waals surface area contributed by atoms with E-state index in [1.807, 2.05) is 0 Å². The molecule has 0 radical (unpaired) electrons. The van der Waals surface area contributed by atoms with Crippen LogP contribution in [0.15, 0.2) is 115 Å². The molecule has 6 aromatic rings. The number of halogens is 52. The van der Waals surface area contributed by atoms with Crippen molar-refractivity contribution in [2.75, 3.05) is 37.1 Å². The maximum absolute atomic E-state index is 14.9. The van der Waals surface area contributed by atoms with Crippen molar-refractivity contribution in [3.63, 3.8) is 0 Å². The number of anilines is 4. The van der Waals surface area contributed by atoms with Gasteiger partial charge < -0.3 is 34.3 Å². The van der Waals surface area contributed by atoms with Crippen LogP contribution < -0.4 is 24.8 Å². The van der Waals surface area contributed by atoms with Crippen LogP contribution in [0.5, 0.6) is 17.2 Å². The van der Waals surface area contributed by atoms with Gasteiger partial charge in [0.25, 0.3) is 0 Å². The van der Waals surface area contributed by atoms with Crippen LogP contribution in [-0.4, -0.2) is 191 Å². The van der Waals surface area contributed by atoms with Gasteiger partial charge in [-0.3, -0.25) is 0 Å². The molecule has 756 valence electrons.